The number of thiophene rings is 1. The molecule has 0 aliphatic carbocycles. The zero-order chi connectivity index (χ0) is 18.8. The average molecular weight is 376 g/mol. The molecule has 0 bridgehead atoms. The standard InChI is InChI=1S/C22H20N2O2S/c1-15-8-10-17(11-9-15)20-23-21-18(22(25)24(20)12-13-26-2)14-19(27-21)16-6-4-3-5-7-16/h3-11,14H,12-13H2,1-2H3. The van der Waals surface area contributed by atoms with Gasteiger partial charge >= 0.3 is 0 Å². The molecule has 4 rings (SSSR count). The van der Waals surface area contributed by atoms with Crippen LogP contribution in [0.2, 0.25) is 0 Å². The summed E-state index contributed by atoms with van der Waals surface area (Å²) in [4.78, 5) is 19.9. The molecule has 2 aromatic heterocycles. The van der Waals surface area contributed by atoms with E-state index < -0.39 is 0 Å². The first-order valence-electron chi connectivity index (χ1n) is 8.83. The summed E-state index contributed by atoms with van der Waals surface area (Å²) in [5.41, 5.74) is 3.18. The van der Waals surface area contributed by atoms with Gasteiger partial charge in [0.15, 0.2) is 0 Å². The third kappa shape index (κ3) is 3.44. The van der Waals surface area contributed by atoms with Crippen molar-refractivity contribution in [3.05, 3.63) is 76.6 Å². The van der Waals surface area contributed by atoms with Gasteiger partial charge in [-0.1, -0.05) is 60.2 Å². The van der Waals surface area contributed by atoms with Gasteiger partial charge in [-0.3, -0.25) is 9.36 Å². The second-order valence-corrected chi connectivity index (χ2v) is 7.48. The van der Waals surface area contributed by atoms with Crippen LogP contribution < -0.4 is 5.56 Å². The van der Waals surface area contributed by atoms with Crippen molar-refractivity contribution in [1.29, 1.82) is 0 Å². The molecular weight excluding hydrogens is 356 g/mol. The number of rotatable bonds is 5. The molecule has 27 heavy (non-hydrogen) atoms. The number of nitrogens with zero attached hydrogens (tertiary/aromatic N) is 2. The third-order valence-corrected chi connectivity index (χ3v) is 5.62. The molecule has 0 atom stereocenters. The number of hydrogen-bond acceptors (Lipinski definition) is 4. The van der Waals surface area contributed by atoms with Crippen LogP contribution in [0.3, 0.4) is 0 Å². The van der Waals surface area contributed by atoms with E-state index in [9.17, 15) is 4.79 Å². The Morgan fingerprint density at radius 1 is 1.04 bits per heavy atom. The van der Waals surface area contributed by atoms with Crippen molar-refractivity contribution in [2.24, 2.45) is 0 Å². The van der Waals surface area contributed by atoms with Gasteiger partial charge in [0.1, 0.15) is 10.7 Å². The number of aromatic nitrogens is 2. The normalized spacial score (nSPS) is 11.2. The fourth-order valence-corrected chi connectivity index (χ4v) is 4.10. The maximum Gasteiger partial charge on any atom is 0.262 e. The van der Waals surface area contributed by atoms with Gasteiger partial charge in [0, 0.05) is 17.6 Å². The maximum atomic E-state index is 13.2. The fourth-order valence-electron chi connectivity index (χ4n) is 3.07. The van der Waals surface area contributed by atoms with Gasteiger partial charge in [-0.05, 0) is 18.6 Å². The number of hydrogen-bond donors (Lipinski definition) is 0. The van der Waals surface area contributed by atoms with Crippen molar-refractivity contribution in [3.8, 4) is 21.8 Å². The van der Waals surface area contributed by atoms with Gasteiger partial charge in [0.05, 0.1) is 18.5 Å². The smallest absolute Gasteiger partial charge is 0.262 e. The molecule has 5 heteroatoms. The number of aryl methyl sites for hydroxylation is 1. The van der Waals surface area contributed by atoms with E-state index in [0.29, 0.717) is 24.4 Å². The van der Waals surface area contributed by atoms with Crippen LogP contribution >= 0.6 is 11.3 Å². The summed E-state index contributed by atoms with van der Waals surface area (Å²) < 4.78 is 6.93. The van der Waals surface area contributed by atoms with Crippen molar-refractivity contribution in [2.45, 2.75) is 13.5 Å². The number of ether oxygens (including phenoxy) is 1. The lowest BCUT2D eigenvalue weighted by molar-refractivity contribution is 0.186. The molecule has 0 aliphatic rings. The van der Waals surface area contributed by atoms with Crippen LogP contribution in [0.4, 0.5) is 0 Å². The number of fused-ring (bicyclic) bond motifs is 1. The minimum atomic E-state index is -0.0222. The lowest BCUT2D eigenvalue weighted by atomic mass is 10.1. The summed E-state index contributed by atoms with van der Waals surface area (Å²) in [5.74, 6) is 0.686. The van der Waals surface area contributed by atoms with Crippen LogP contribution in [-0.2, 0) is 11.3 Å². The largest absolute Gasteiger partial charge is 0.383 e. The zero-order valence-corrected chi connectivity index (χ0v) is 16.1. The molecule has 136 valence electrons. The summed E-state index contributed by atoms with van der Waals surface area (Å²) in [7, 11) is 1.64. The topological polar surface area (TPSA) is 44.1 Å². The van der Waals surface area contributed by atoms with E-state index in [1.54, 1.807) is 23.0 Å². The summed E-state index contributed by atoms with van der Waals surface area (Å²) in [5, 5.41) is 0.658. The molecular formula is C22H20N2O2S. The number of methoxy groups -OCH3 is 1. The molecule has 0 fully saturated rings. The predicted molar refractivity (Wildman–Crippen MR) is 111 cm³/mol. The van der Waals surface area contributed by atoms with E-state index in [1.807, 2.05) is 55.5 Å². The van der Waals surface area contributed by atoms with Gasteiger partial charge in [-0.2, -0.15) is 0 Å². The molecule has 4 aromatic rings. The quantitative estimate of drug-likeness (QED) is 0.505. The van der Waals surface area contributed by atoms with Crippen molar-refractivity contribution < 1.29 is 4.74 Å². The van der Waals surface area contributed by atoms with E-state index in [2.05, 4.69) is 12.1 Å². The lowest BCUT2D eigenvalue weighted by Gasteiger charge is -2.12. The molecule has 0 amide bonds. The Kier molecular flexibility index (Phi) is 4.88. The van der Waals surface area contributed by atoms with Crippen molar-refractivity contribution in [1.82, 2.24) is 9.55 Å². The van der Waals surface area contributed by atoms with E-state index in [0.717, 1.165) is 20.8 Å². The van der Waals surface area contributed by atoms with Gasteiger partial charge in [0.2, 0.25) is 0 Å². The highest BCUT2D eigenvalue weighted by atomic mass is 32.1. The second-order valence-electron chi connectivity index (χ2n) is 6.45. The molecule has 0 saturated carbocycles. The van der Waals surface area contributed by atoms with Crippen LogP contribution in [0, 0.1) is 6.92 Å². The van der Waals surface area contributed by atoms with Crippen LogP contribution in [0.25, 0.3) is 32.0 Å². The van der Waals surface area contributed by atoms with Crippen LogP contribution in [0.1, 0.15) is 5.56 Å². The lowest BCUT2D eigenvalue weighted by Crippen LogP contribution is -2.24. The number of benzene rings is 2. The Hall–Kier alpha value is -2.76. The van der Waals surface area contributed by atoms with E-state index in [1.165, 1.54) is 5.56 Å². The SMILES string of the molecule is COCCn1c(-c2ccc(C)cc2)nc2sc(-c3ccccc3)cc2c1=O. The van der Waals surface area contributed by atoms with Crippen LogP contribution in [0.15, 0.2) is 65.5 Å². The first-order chi connectivity index (χ1) is 13.2. The van der Waals surface area contributed by atoms with Crippen LogP contribution in [-0.4, -0.2) is 23.3 Å². The van der Waals surface area contributed by atoms with E-state index in [-0.39, 0.29) is 5.56 Å². The molecule has 0 radical (unpaired) electrons. The van der Waals surface area contributed by atoms with Gasteiger partial charge in [0.25, 0.3) is 5.56 Å². The van der Waals surface area contributed by atoms with Gasteiger partial charge < -0.3 is 4.74 Å². The minimum absolute atomic E-state index is 0.0222. The summed E-state index contributed by atoms with van der Waals surface area (Å²) >= 11 is 1.55. The highest BCUT2D eigenvalue weighted by Gasteiger charge is 2.16. The van der Waals surface area contributed by atoms with E-state index in [4.69, 9.17) is 9.72 Å². The summed E-state index contributed by atoms with van der Waals surface area (Å²) in [6, 6.07) is 20.1. The first kappa shape index (κ1) is 17.6. The highest BCUT2D eigenvalue weighted by Crippen LogP contribution is 2.32. The van der Waals surface area contributed by atoms with Gasteiger partial charge in [-0.25, -0.2) is 4.98 Å². The second kappa shape index (κ2) is 7.47. The summed E-state index contributed by atoms with van der Waals surface area (Å²) in [6.07, 6.45) is 0. The van der Waals surface area contributed by atoms with Crippen molar-refractivity contribution in [2.75, 3.05) is 13.7 Å². The predicted octanol–water partition coefficient (Wildman–Crippen LogP) is 4.75. The van der Waals surface area contributed by atoms with E-state index >= 15 is 0 Å². The Balaban J connectivity index is 1.93. The maximum absolute atomic E-state index is 13.2. The van der Waals surface area contributed by atoms with Gasteiger partial charge in [-0.15, -0.1) is 11.3 Å². The fraction of sp³-hybridized carbons (Fsp3) is 0.182. The molecule has 0 saturated heterocycles. The molecule has 4 nitrogen and oxygen atoms in total. The molecule has 0 spiro atoms. The Morgan fingerprint density at radius 2 is 1.78 bits per heavy atom. The molecule has 0 aliphatic heterocycles. The Morgan fingerprint density at radius 3 is 2.48 bits per heavy atom. The Labute approximate surface area is 161 Å². The third-order valence-electron chi connectivity index (χ3n) is 4.54. The van der Waals surface area contributed by atoms with Crippen LogP contribution in [0.5, 0.6) is 0 Å². The highest BCUT2D eigenvalue weighted by molar-refractivity contribution is 7.21. The monoisotopic (exact) mass is 376 g/mol. The molecule has 0 N–H and O–H groups in total. The van der Waals surface area contributed by atoms with Crippen molar-refractivity contribution in [3.63, 3.8) is 0 Å². The first-order valence-corrected chi connectivity index (χ1v) is 9.65. The molecule has 2 heterocycles. The summed E-state index contributed by atoms with van der Waals surface area (Å²) in [6.45, 7) is 2.98. The molecule has 0 unspecified atom stereocenters. The van der Waals surface area contributed by atoms with Crippen molar-refractivity contribution >= 4 is 21.6 Å². The minimum Gasteiger partial charge on any atom is -0.383 e. The molecule has 2 aromatic carbocycles. The Bertz CT molecular complexity index is 1130. The average Bonchev–Trinajstić information content (AvgIpc) is 3.13. The zero-order valence-electron chi connectivity index (χ0n) is 15.3.